The molecule has 0 bridgehead atoms. The van der Waals surface area contributed by atoms with Crippen LogP contribution in [0.3, 0.4) is 0 Å². The number of benzene rings is 1. The van der Waals surface area contributed by atoms with Crippen molar-refractivity contribution in [2.24, 2.45) is 5.41 Å². The number of ketones is 1. The van der Waals surface area contributed by atoms with Crippen molar-refractivity contribution in [2.45, 2.75) is 52.3 Å². The highest BCUT2D eigenvalue weighted by Crippen LogP contribution is 2.47. The minimum atomic E-state index is -4.49. The first-order valence-corrected chi connectivity index (χ1v) is 12.8. The average Bonchev–Trinajstić information content (AvgIpc) is 3.35. The van der Waals surface area contributed by atoms with Gasteiger partial charge in [-0.2, -0.15) is 13.2 Å². The second-order valence-corrected chi connectivity index (χ2v) is 10.8. The van der Waals surface area contributed by atoms with Crippen molar-refractivity contribution < 1.29 is 36.9 Å². The molecule has 1 unspecified atom stereocenters. The van der Waals surface area contributed by atoms with Gasteiger partial charge in [-0.15, -0.1) is 0 Å². The van der Waals surface area contributed by atoms with Crippen LogP contribution in [0.15, 0.2) is 87.8 Å². The molecule has 2 aliphatic rings. The third kappa shape index (κ3) is 5.66. The van der Waals surface area contributed by atoms with Crippen molar-refractivity contribution in [1.29, 1.82) is 0 Å². The van der Waals surface area contributed by atoms with Gasteiger partial charge in [0.1, 0.15) is 23.9 Å². The smallest absolute Gasteiger partial charge is 0.416 e. The Morgan fingerprint density at radius 2 is 1.95 bits per heavy atom. The third-order valence-corrected chi connectivity index (χ3v) is 6.95. The van der Waals surface area contributed by atoms with E-state index < -0.39 is 23.6 Å². The summed E-state index contributed by atoms with van der Waals surface area (Å²) in [5.74, 6) is -0.0234. The topological polar surface area (TPSA) is 94.7 Å². The Hall–Kier alpha value is -4.34. The average molecular weight is 553 g/mol. The highest BCUT2D eigenvalue weighted by atomic mass is 19.4. The molecule has 1 aromatic carbocycles. The number of H-pyrrole nitrogens is 1. The van der Waals surface area contributed by atoms with Crippen molar-refractivity contribution in [3.05, 3.63) is 100 Å². The molecule has 5 rings (SSSR count). The zero-order chi connectivity index (χ0) is 28.7. The van der Waals surface area contributed by atoms with Gasteiger partial charge in [0.2, 0.25) is 0 Å². The fraction of sp³-hybridized carbons (Fsp3) is 0.300. The van der Waals surface area contributed by atoms with E-state index in [1.54, 1.807) is 43.5 Å². The van der Waals surface area contributed by atoms with Gasteiger partial charge in [-0.1, -0.05) is 26.0 Å². The summed E-state index contributed by atoms with van der Waals surface area (Å²) >= 11 is 0. The fourth-order valence-electron chi connectivity index (χ4n) is 5.23. The molecule has 0 spiro atoms. The summed E-state index contributed by atoms with van der Waals surface area (Å²) in [7, 11) is 0. The predicted molar refractivity (Wildman–Crippen MR) is 140 cm³/mol. The lowest BCUT2D eigenvalue weighted by Crippen LogP contribution is -2.39. The number of halogens is 3. The number of hydrogen-bond donors (Lipinski definition) is 2. The number of dihydropyridines is 1. The minimum absolute atomic E-state index is 0.0410. The molecule has 3 aromatic rings. The first-order valence-electron chi connectivity index (χ1n) is 12.8. The lowest BCUT2D eigenvalue weighted by atomic mass is 9.69. The zero-order valence-electron chi connectivity index (χ0n) is 22.2. The maximum absolute atomic E-state index is 13.6. The number of furan rings is 1. The highest BCUT2D eigenvalue weighted by Gasteiger charge is 2.45. The molecule has 1 atom stereocenters. The van der Waals surface area contributed by atoms with Crippen LogP contribution in [-0.4, -0.2) is 11.7 Å². The van der Waals surface area contributed by atoms with Gasteiger partial charge in [0.25, 0.3) is 5.82 Å². The number of nitrogens with one attached hydrogen (secondary N) is 3. The SMILES string of the molecule is CC1=C(C(=O)Nc2cccc[nH+]2)C(c2ccc(COc3cccc(C(F)(F)F)c3)o2)C2=C(CC(C)(C)CC2=O)N1. The van der Waals surface area contributed by atoms with E-state index >= 15 is 0 Å². The number of aromatic amines is 1. The van der Waals surface area contributed by atoms with Crippen LogP contribution in [0.2, 0.25) is 0 Å². The highest BCUT2D eigenvalue weighted by molar-refractivity contribution is 6.09. The van der Waals surface area contributed by atoms with Gasteiger partial charge in [0.05, 0.1) is 23.3 Å². The lowest BCUT2D eigenvalue weighted by Gasteiger charge is -2.38. The molecule has 0 saturated carbocycles. The summed E-state index contributed by atoms with van der Waals surface area (Å²) in [6, 6.07) is 13.2. The van der Waals surface area contributed by atoms with Crippen LogP contribution in [0.25, 0.3) is 0 Å². The number of carbonyl (C=O) groups excluding carboxylic acids is 2. The third-order valence-electron chi connectivity index (χ3n) is 6.95. The van der Waals surface area contributed by atoms with Crippen LogP contribution < -0.4 is 20.4 Å². The molecular formula is C30H29F3N3O4+. The molecule has 1 aliphatic carbocycles. The maximum Gasteiger partial charge on any atom is 0.416 e. The van der Waals surface area contributed by atoms with Crippen LogP contribution in [0.1, 0.15) is 56.6 Å². The molecule has 2 aromatic heterocycles. The first kappa shape index (κ1) is 27.2. The molecule has 0 saturated heterocycles. The Bertz CT molecular complexity index is 1520. The van der Waals surface area contributed by atoms with E-state index in [4.69, 9.17) is 9.15 Å². The van der Waals surface area contributed by atoms with Crippen molar-refractivity contribution in [3.63, 3.8) is 0 Å². The van der Waals surface area contributed by atoms with Gasteiger partial charge in [-0.25, -0.2) is 15.1 Å². The normalized spacial score (nSPS) is 18.8. The molecule has 0 fully saturated rings. The molecule has 1 amide bonds. The molecule has 208 valence electrons. The van der Waals surface area contributed by atoms with Gasteiger partial charge in [-0.05, 0) is 55.2 Å². The number of pyridine rings is 1. The fourth-order valence-corrected chi connectivity index (χ4v) is 5.23. The van der Waals surface area contributed by atoms with Gasteiger partial charge in [-0.3, -0.25) is 4.79 Å². The predicted octanol–water partition coefficient (Wildman–Crippen LogP) is 5.93. The Morgan fingerprint density at radius 1 is 1.15 bits per heavy atom. The minimum Gasteiger partial charge on any atom is -0.486 e. The quantitative estimate of drug-likeness (QED) is 0.395. The van der Waals surface area contributed by atoms with E-state index in [9.17, 15) is 22.8 Å². The molecule has 10 heteroatoms. The second kappa shape index (κ2) is 10.3. The number of ether oxygens (including phenoxy) is 1. The van der Waals surface area contributed by atoms with E-state index in [2.05, 4.69) is 15.6 Å². The molecule has 40 heavy (non-hydrogen) atoms. The van der Waals surface area contributed by atoms with Crippen molar-refractivity contribution >= 4 is 17.5 Å². The number of amides is 1. The van der Waals surface area contributed by atoms with Crippen molar-refractivity contribution in [3.8, 4) is 5.75 Å². The van der Waals surface area contributed by atoms with Gasteiger partial charge >= 0.3 is 12.1 Å². The van der Waals surface area contributed by atoms with E-state index in [1.165, 1.54) is 12.1 Å². The number of hydrogen-bond acceptors (Lipinski definition) is 5. The van der Waals surface area contributed by atoms with E-state index in [-0.39, 0.29) is 23.6 Å². The summed E-state index contributed by atoms with van der Waals surface area (Å²) in [6.45, 7) is 5.69. The Morgan fingerprint density at radius 3 is 2.67 bits per heavy atom. The molecule has 3 N–H and O–H groups in total. The molecule has 3 heterocycles. The van der Waals surface area contributed by atoms with Crippen LogP contribution in [0.4, 0.5) is 19.0 Å². The van der Waals surface area contributed by atoms with E-state index in [1.807, 2.05) is 13.8 Å². The second-order valence-electron chi connectivity index (χ2n) is 10.8. The van der Waals surface area contributed by atoms with Crippen molar-refractivity contribution in [2.75, 3.05) is 5.32 Å². The summed E-state index contributed by atoms with van der Waals surface area (Å²) in [5, 5.41) is 6.16. The van der Waals surface area contributed by atoms with Gasteiger partial charge < -0.3 is 14.5 Å². The van der Waals surface area contributed by atoms with Crippen LogP contribution >= 0.6 is 0 Å². The maximum atomic E-state index is 13.6. The molecule has 0 radical (unpaired) electrons. The Labute approximate surface area is 229 Å². The largest absolute Gasteiger partial charge is 0.486 e. The van der Waals surface area contributed by atoms with E-state index in [0.29, 0.717) is 47.0 Å². The monoisotopic (exact) mass is 552 g/mol. The molecule has 7 nitrogen and oxygen atoms in total. The molecule has 1 aliphatic heterocycles. The number of allylic oxidation sites excluding steroid dienone is 3. The van der Waals surface area contributed by atoms with Crippen LogP contribution in [0.5, 0.6) is 5.75 Å². The standard InChI is InChI=1S/C30H28F3N3O4/c1-17-25(28(38)36-24-9-4-5-12-34-24)27(26-21(35-17)14-29(2,3)15-22(26)37)23-11-10-20(40-23)16-39-19-8-6-7-18(13-19)30(31,32)33/h4-13,27,35H,14-16H2,1-3H3,(H,34,36,38)/p+1. The summed E-state index contributed by atoms with van der Waals surface area (Å²) in [4.78, 5) is 30.0. The number of carbonyl (C=O) groups is 2. The number of Topliss-reactive ketones (excluding diaryl/α,β-unsaturated/α-hetero) is 1. The Kier molecular flexibility index (Phi) is 7.03. The van der Waals surface area contributed by atoms with Gasteiger partial charge in [0.15, 0.2) is 5.78 Å². The van der Waals surface area contributed by atoms with Crippen LogP contribution in [0, 0.1) is 5.41 Å². The lowest BCUT2D eigenvalue weighted by molar-refractivity contribution is -0.360. The van der Waals surface area contributed by atoms with Crippen LogP contribution in [-0.2, 0) is 22.4 Å². The van der Waals surface area contributed by atoms with Crippen molar-refractivity contribution in [1.82, 2.24) is 5.32 Å². The number of rotatable bonds is 6. The number of anilines is 1. The number of alkyl halides is 3. The zero-order valence-corrected chi connectivity index (χ0v) is 22.2. The van der Waals surface area contributed by atoms with Gasteiger partial charge in [0, 0.05) is 29.5 Å². The number of aromatic nitrogens is 1. The molecular weight excluding hydrogens is 523 g/mol. The first-order chi connectivity index (χ1) is 18.9. The Balaban J connectivity index is 1.46. The summed E-state index contributed by atoms with van der Waals surface area (Å²) in [5.41, 5.74) is 1.10. The summed E-state index contributed by atoms with van der Waals surface area (Å²) < 4.78 is 50.9. The van der Waals surface area contributed by atoms with E-state index in [0.717, 1.165) is 17.8 Å². The summed E-state index contributed by atoms with van der Waals surface area (Å²) in [6.07, 6.45) is -1.87.